The quantitative estimate of drug-likeness (QED) is 0.533. The van der Waals surface area contributed by atoms with Crippen LogP contribution < -0.4 is 5.32 Å². The molecule has 1 heterocycles. The maximum absolute atomic E-state index is 11.5. The van der Waals surface area contributed by atoms with Gasteiger partial charge in [-0.3, -0.25) is 19.2 Å². The van der Waals surface area contributed by atoms with Crippen molar-refractivity contribution in [1.82, 2.24) is 5.32 Å². The summed E-state index contributed by atoms with van der Waals surface area (Å²) in [4.78, 5) is 45.3. The van der Waals surface area contributed by atoms with Gasteiger partial charge in [0.05, 0.1) is 12.1 Å². The minimum atomic E-state index is -1.03. The summed E-state index contributed by atoms with van der Waals surface area (Å²) in [5.74, 6) is -2.11. The van der Waals surface area contributed by atoms with Crippen molar-refractivity contribution >= 4 is 23.8 Å². The van der Waals surface area contributed by atoms with E-state index in [1.807, 2.05) is 0 Å². The largest absolute Gasteiger partial charge is 0.463 e. The van der Waals surface area contributed by atoms with Crippen LogP contribution in [0.2, 0.25) is 0 Å². The first-order valence-corrected chi connectivity index (χ1v) is 7.52. The molecule has 0 aromatic heterocycles. The number of ether oxygens (including phenoxy) is 4. The Morgan fingerprint density at radius 3 is 1.92 bits per heavy atom. The molecular formula is C15H23NO8. The molecule has 24 heavy (non-hydrogen) atoms. The fourth-order valence-corrected chi connectivity index (χ4v) is 2.56. The van der Waals surface area contributed by atoms with Crippen molar-refractivity contribution in [1.29, 1.82) is 0 Å². The van der Waals surface area contributed by atoms with Gasteiger partial charge in [-0.15, -0.1) is 0 Å². The first-order valence-electron chi connectivity index (χ1n) is 7.52. The second-order valence-electron chi connectivity index (χ2n) is 5.56. The monoisotopic (exact) mass is 345 g/mol. The lowest BCUT2D eigenvalue weighted by Crippen LogP contribution is -2.65. The second-order valence-corrected chi connectivity index (χ2v) is 5.56. The van der Waals surface area contributed by atoms with Gasteiger partial charge >= 0.3 is 17.9 Å². The van der Waals surface area contributed by atoms with Gasteiger partial charge in [-0.1, -0.05) is 0 Å². The molecule has 0 spiro atoms. The summed E-state index contributed by atoms with van der Waals surface area (Å²) in [7, 11) is 0. The lowest BCUT2D eigenvalue weighted by molar-refractivity contribution is -0.221. The molecule has 136 valence electrons. The van der Waals surface area contributed by atoms with Crippen LogP contribution in [0.25, 0.3) is 0 Å². The van der Waals surface area contributed by atoms with Crippen molar-refractivity contribution in [3.8, 4) is 0 Å². The number of amides is 1. The van der Waals surface area contributed by atoms with Crippen molar-refractivity contribution in [2.75, 3.05) is 6.61 Å². The van der Waals surface area contributed by atoms with E-state index in [9.17, 15) is 19.2 Å². The zero-order chi connectivity index (χ0) is 18.4. The van der Waals surface area contributed by atoms with Gasteiger partial charge in [-0.05, 0) is 6.92 Å². The number of hydrogen-bond donors (Lipinski definition) is 1. The molecule has 0 bridgehead atoms. The lowest BCUT2D eigenvalue weighted by atomic mass is 9.92. The molecular weight excluding hydrogens is 322 g/mol. The van der Waals surface area contributed by atoms with Gasteiger partial charge in [0.25, 0.3) is 0 Å². The lowest BCUT2D eigenvalue weighted by Gasteiger charge is -2.44. The summed E-state index contributed by atoms with van der Waals surface area (Å²) in [6.45, 7) is 6.43. The van der Waals surface area contributed by atoms with Gasteiger partial charge in [0.15, 0.2) is 12.2 Å². The summed E-state index contributed by atoms with van der Waals surface area (Å²) < 4.78 is 21.1. The Kier molecular flexibility index (Phi) is 7.15. The highest BCUT2D eigenvalue weighted by Gasteiger charge is 2.49. The third kappa shape index (κ3) is 5.80. The Bertz CT molecular complexity index is 506. The van der Waals surface area contributed by atoms with Crippen LogP contribution >= 0.6 is 0 Å². The average molecular weight is 345 g/mol. The molecule has 1 N–H and O–H groups in total. The van der Waals surface area contributed by atoms with Crippen LogP contribution in [0, 0.1) is 0 Å². The molecule has 0 radical (unpaired) electrons. The average Bonchev–Trinajstić information content (AvgIpc) is 2.42. The summed E-state index contributed by atoms with van der Waals surface area (Å²) in [5, 5.41) is 2.64. The highest BCUT2D eigenvalue weighted by atomic mass is 16.6. The molecule has 0 saturated carbocycles. The Morgan fingerprint density at radius 1 is 0.917 bits per heavy atom. The highest BCUT2D eigenvalue weighted by Crippen LogP contribution is 2.26. The Hall–Kier alpha value is -2.16. The summed E-state index contributed by atoms with van der Waals surface area (Å²) >= 11 is 0. The highest BCUT2D eigenvalue weighted by molar-refractivity contribution is 5.73. The Labute approximate surface area is 139 Å². The normalized spacial score (nSPS) is 29.3. The molecule has 0 aromatic rings. The molecule has 1 saturated heterocycles. The number of hydrogen-bond acceptors (Lipinski definition) is 8. The number of esters is 3. The zero-order valence-corrected chi connectivity index (χ0v) is 14.4. The molecule has 9 heteroatoms. The van der Waals surface area contributed by atoms with Crippen LogP contribution in [-0.2, 0) is 38.1 Å². The van der Waals surface area contributed by atoms with Crippen molar-refractivity contribution < 1.29 is 38.1 Å². The first-order chi connectivity index (χ1) is 11.1. The van der Waals surface area contributed by atoms with Crippen LogP contribution in [0.4, 0.5) is 0 Å². The van der Waals surface area contributed by atoms with E-state index in [4.69, 9.17) is 18.9 Å². The molecule has 1 aliphatic rings. The van der Waals surface area contributed by atoms with Crippen molar-refractivity contribution in [3.05, 3.63) is 0 Å². The van der Waals surface area contributed by atoms with E-state index >= 15 is 0 Å². The molecule has 0 aromatic carbocycles. The van der Waals surface area contributed by atoms with Crippen LogP contribution in [0.1, 0.15) is 34.6 Å². The molecule has 3 unspecified atom stereocenters. The van der Waals surface area contributed by atoms with Gasteiger partial charge in [-0.2, -0.15) is 0 Å². The Morgan fingerprint density at radius 2 is 1.46 bits per heavy atom. The predicted octanol–water partition coefficient (Wildman–Crippen LogP) is -0.295. The fourth-order valence-electron chi connectivity index (χ4n) is 2.56. The van der Waals surface area contributed by atoms with E-state index < -0.39 is 48.4 Å². The summed E-state index contributed by atoms with van der Waals surface area (Å²) in [6.07, 6.45) is -3.40. The van der Waals surface area contributed by atoms with Crippen molar-refractivity contribution in [2.45, 2.75) is 65.1 Å². The summed E-state index contributed by atoms with van der Waals surface area (Å²) in [6, 6.07) is -0.718. The Balaban J connectivity index is 3.11. The summed E-state index contributed by atoms with van der Waals surface area (Å²) in [5.41, 5.74) is 0. The van der Waals surface area contributed by atoms with Gasteiger partial charge in [0, 0.05) is 27.7 Å². The molecule has 0 aliphatic carbocycles. The van der Waals surface area contributed by atoms with E-state index in [-0.39, 0.29) is 12.5 Å². The molecule has 1 fully saturated rings. The maximum Gasteiger partial charge on any atom is 0.303 e. The number of rotatable bonds is 5. The smallest absolute Gasteiger partial charge is 0.303 e. The third-order valence-corrected chi connectivity index (χ3v) is 3.36. The maximum atomic E-state index is 11.5. The van der Waals surface area contributed by atoms with Gasteiger partial charge in [0.1, 0.15) is 12.7 Å². The minimum Gasteiger partial charge on any atom is -0.463 e. The van der Waals surface area contributed by atoms with Crippen LogP contribution in [0.3, 0.4) is 0 Å². The number of carbonyl (C=O) groups is 4. The standard InChI is InChI=1S/C15H23NO8/c1-7-13(16-8(2)17)15(24-11(5)20)14(23-10(4)19)12(22-7)6-21-9(3)18/h7,12-15H,6H2,1-5H3,(H,16,17)/t7-,12?,13?,14+,15?/m0/s1. The van der Waals surface area contributed by atoms with E-state index in [2.05, 4.69) is 5.32 Å². The van der Waals surface area contributed by atoms with E-state index in [1.165, 1.54) is 27.7 Å². The van der Waals surface area contributed by atoms with Crippen molar-refractivity contribution in [3.63, 3.8) is 0 Å². The van der Waals surface area contributed by atoms with Gasteiger partial charge in [-0.25, -0.2) is 0 Å². The van der Waals surface area contributed by atoms with E-state index in [0.717, 1.165) is 0 Å². The second kappa shape index (κ2) is 8.62. The molecule has 1 aliphatic heterocycles. The van der Waals surface area contributed by atoms with Gasteiger partial charge in [0.2, 0.25) is 5.91 Å². The number of nitrogens with one attached hydrogen (secondary N) is 1. The number of carbonyl (C=O) groups excluding carboxylic acids is 4. The van der Waals surface area contributed by atoms with Crippen molar-refractivity contribution in [2.24, 2.45) is 0 Å². The van der Waals surface area contributed by atoms with Crippen LogP contribution in [0.5, 0.6) is 0 Å². The minimum absolute atomic E-state index is 0.178. The molecule has 1 rings (SSSR count). The topological polar surface area (TPSA) is 117 Å². The first kappa shape index (κ1) is 19.9. The molecule has 1 amide bonds. The molecule has 9 nitrogen and oxygen atoms in total. The predicted molar refractivity (Wildman–Crippen MR) is 79.7 cm³/mol. The SMILES string of the molecule is CC(=O)NC1C(OC(C)=O)[C@H](OC(C)=O)C(COC(C)=O)O[C@H]1C. The van der Waals surface area contributed by atoms with Crippen LogP contribution in [0.15, 0.2) is 0 Å². The van der Waals surface area contributed by atoms with Gasteiger partial charge < -0.3 is 24.3 Å². The van der Waals surface area contributed by atoms with Crippen LogP contribution in [-0.4, -0.2) is 60.9 Å². The van der Waals surface area contributed by atoms with E-state index in [0.29, 0.717) is 0 Å². The molecule has 5 atom stereocenters. The fraction of sp³-hybridized carbons (Fsp3) is 0.733. The van der Waals surface area contributed by atoms with E-state index in [1.54, 1.807) is 6.92 Å². The third-order valence-electron chi connectivity index (χ3n) is 3.36. The zero-order valence-electron chi connectivity index (χ0n) is 14.4.